The summed E-state index contributed by atoms with van der Waals surface area (Å²) < 4.78 is 0. The van der Waals surface area contributed by atoms with Gasteiger partial charge < -0.3 is 4.90 Å². The summed E-state index contributed by atoms with van der Waals surface area (Å²) in [5.74, 6) is 0. The maximum absolute atomic E-state index is 5.83. The first-order valence-electron chi connectivity index (χ1n) is 3.84. The summed E-state index contributed by atoms with van der Waals surface area (Å²) in [6.07, 6.45) is 1.94. The number of thioether (sulfide) groups is 1. The van der Waals surface area contributed by atoms with Crippen LogP contribution in [0.4, 0.5) is 0 Å². The van der Waals surface area contributed by atoms with E-state index in [1.54, 1.807) is 6.07 Å². The molecule has 0 spiro atoms. The Kier molecular flexibility index (Phi) is 3.96. The molecule has 1 aromatic rings. The number of hydrogen-bond acceptors (Lipinski definition) is 4. The van der Waals surface area contributed by atoms with Crippen LogP contribution in [0, 0.1) is 0 Å². The van der Waals surface area contributed by atoms with E-state index in [0.717, 1.165) is 17.4 Å². The Morgan fingerprint density at radius 1 is 1.46 bits per heavy atom. The van der Waals surface area contributed by atoms with Crippen LogP contribution in [-0.4, -0.2) is 35.2 Å². The van der Waals surface area contributed by atoms with E-state index in [1.807, 2.05) is 25.3 Å². The number of rotatable bonds is 3. The highest BCUT2D eigenvalue weighted by Crippen LogP contribution is 2.14. The van der Waals surface area contributed by atoms with Gasteiger partial charge in [-0.3, -0.25) is 0 Å². The predicted octanol–water partition coefficient (Wildman–Crippen LogP) is 1.91. The minimum atomic E-state index is 0.510. The molecule has 3 nitrogen and oxygen atoms in total. The third-order valence-corrected chi connectivity index (χ3v) is 2.13. The van der Waals surface area contributed by atoms with Crippen molar-refractivity contribution in [1.82, 2.24) is 14.9 Å². The lowest BCUT2D eigenvalue weighted by Gasteiger charge is -2.09. The molecule has 72 valence electrons. The molecule has 1 heterocycles. The van der Waals surface area contributed by atoms with E-state index in [4.69, 9.17) is 11.6 Å². The van der Waals surface area contributed by atoms with Gasteiger partial charge in [0.15, 0.2) is 5.16 Å². The molecule has 0 unspecified atom stereocenters. The number of halogens is 1. The van der Waals surface area contributed by atoms with Crippen molar-refractivity contribution in [2.75, 3.05) is 20.4 Å². The quantitative estimate of drug-likeness (QED) is 0.440. The molecule has 0 amide bonds. The van der Waals surface area contributed by atoms with E-state index in [2.05, 4.69) is 9.97 Å². The van der Waals surface area contributed by atoms with Crippen molar-refractivity contribution in [3.8, 4) is 0 Å². The summed E-state index contributed by atoms with van der Waals surface area (Å²) in [5.41, 5.74) is 0.953. The molecular formula is C8H12ClN3S. The first-order valence-corrected chi connectivity index (χ1v) is 5.44. The maximum Gasteiger partial charge on any atom is 0.188 e. The standard InChI is InChI=1S/C8H12ClN3S/c1-12(2)5-6-4-7(9)11-8(10-6)13-3/h4H,5H2,1-3H3. The summed E-state index contributed by atoms with van der Waals surface area (Å²) in [6, 6.07) is 1.79. The third kappa shape index (κ3) is 3.50. The average Bonchev–Trinajstić information content (AvgIpc) is 2.01. The molecule has 5 heteroatoms. The van der Waals surface area contributed by atoms with Crippen molar-refractivity contribution >= 4 is 23.4 Å². The van der Waals surface area contributed by atoms with Gasteiger partial charge in [-0.2, -0.15) is 0 Å². The minimum Gasteiger partial charge on any atom is -0.304 e. The van der Waals surface area contributed by atoms with Crippen LogP contribution in [0.3, 0.4) is 0 Å². The molecule has 0 N–H and O–H groups in total. The fourth-order valence-corrected chi connectivity index (χ4v) is 1.59. The van der Waals surface area contributed by atoms with Gasteiger partial charge in [-0.15, -0.1) is 0 Å². The Labute approximate surface area is 87.5 Å². The topological polar surface area (TPSA) is 29.0 Å². The molecule has 0 aliphatic rings. The molecule has 0 bridgehead atoms. The van der Waals surface area contributed by atoms with E-state index in [0.29, 0.717) is 5.15 Å². The van der Waals surface area contributed by atoms with Crippen LogP contribution >= 0.6 is 23.4 Å². The van der Waals surface area contributed by atoms with Crippen molar-refractivity contribution in [1.29, 1.82) is 0 Å². The van der Waals surface area contributed by atoms with E-state index in [9.17, 15) is 0 Å². The Morgan fingerprint density at radius 3 is 2.69 bits per heavy atom. The molecule has 0 fully saturated rings. The van der Waals surface area contributed by atoms with Crippen LogP contribution in [-0.2, 0) is 6.54 Å². The summed E-state index contributed by atoms with van der Waals surface area (Å²) >= 11 is 7.33. The highest BCUT2D eigenvalue weighted by Gasteiger charge is 2.02. The minimum absolute atomic E-state index is 0.510. The number of hydrogen-bond donors (Lipinski definition) is 0. The molecular weight excluding hydrogens is 206 g/mol. The van der Waals surface area contributed by atoms with Gasteiger partial charge >= 0.3 is 0 Å². The van der Waals surface area contributed by atoms with E-state index in [1.165, 1.54) is 11.8 Å². The second-order valence-electron chi connectivity index (χ2n) is 2.91. The van der Waals surface area contributed by atoms with Crippen molar-refractivity contribution in [3.05, 3.63) is 16.9 Å². The van der Waals surface area contributed by atoms with Gasteiger partial charge in [0.1, 0.15) is 5.15 Å². The molecule has 0 radical (unpaired) electrons. The molecule has 1 rings (SSSR count). The summed E-state index contributed by atoms with van der Waals surface area (Å²) in [7, 11) is 3.99. The van der Waals surface area contributed by atoms with E-state index >= 15 is 0 Å². The predicted molar refractivity (Wildman–Crippen MR) is 56.2 cm³/mol. The highest BCUT2D eigenvalue weighted by atomic mass is 35.5. The van der Waals surface area contributed by atoms with Gasteiger partial charge in [-0.05, 0) is 26.4 Å². The Bertz CT molecular complexity index is 291. The van der Waals surface area contributed by atoms with Crippen LogP contribution in [0.15, 0.2) is 11.2 Å². The lowest BCUT2D eigenvalue weighted by Crippen LogP contribution is -2.12. The largest absolute Gasteiger partial charge is 0.304 e. The molecule has 13 heavy (non-hydrogen) atoms. The molecule has 0 aromatic carbocycles. The summed E-state index contributed by atoms with van der Waals surface area (Å²) in [5, 5.41) is 1.24. The Morgan fingerprint density at radius 2 is 2.15 bits per heavy atom. The van der Waals surface area contributed by atoms with Crippen LogP contribution < -0.4 is 0 Å². The lowest BCUT2D eigenvalue weighted by molar-refractivity contribution is 0.395. The van der Waals surface area contributed by atoms with Gasteiger partial charge in [-0.25, -0.2) is 9.97 Å². The lowest BCUT2D eigenvalue weighted by atomic mass is 10.4. The fraction of sp³-hybridized carbons (Fsp3) is 0.500. The second kappa shape index (κ2) is 4.79. The molecule has 0 aliphatic heterocycles. The van der Waals surface area contributed by atoms with Crippen LogP contribution in [0.2, 0.25) is 5.15 Å². The third-order valence-electron chi connectivity index (χ3n) is 1.39. The van der Waals surface area contributed by atoms with Crippen molar-refractivity contribution in [3.63, 3.8) is 0 Å². The smallest absolute Gasteiger partial charge is 0.188 e. The molecule has 1 aromatic heterocycles. The van der Waals surface area contributed by atoms with Crippen LogP contribution in [0.25, 0.3) is 0 Å². The molecule has 0 aliphatic carbocycles. The Balaban J connectivity index is 2.88. The van der Waals surface area contributed by atoms with Gasteiger partial charge in [0.25, 0.3) is 0 Å². The van der Waals surface area contributed by atoms with Gasteiger partial charge in [0, 0.05) is 6.54 Å². The normalized spacial score (nSPS) is 10.8. The van der Waals surface area contributed by atoms with Crippen molar-refractivity contribution in [2.24, 2.45) is 0 Å². The summed E-state index contributed by atoms with van der Waals surface area (Å²) in [6.45, 7) is 0.788. The van der Waals surface area contributed by atoms with Gasteiger partial charge in [0.05, 0.1) is 5.69 Å². The Hall–Kier alpha value is -0.320. The van der Waals surface area contributed by atoms with Crippen LogP contribution in [0.1, 0.15) is 5.69 Å². The van der Waals surface area contributed by atoms with E-state index in [-0.39, 0.29) is 0 Å². The average molecular weight is 218 g/mol. The monoisotopic (exact) mass is 217 g/mol. The molecule has 0 saturated carbocycles. The highest BCUT2D eigenvalue weighted by molar-refractivity contribution is 7.98. The fourth-order valence-electron chi connectivity index (χ4n) is 0.938. The zero-order valence-corrected chi connectivity index (χ0v) is 9.48. The number of aromatic nitrogens is 2. The number of nitrogens with zero attached hydrogens (tertiary/aromatic N) is 3. The molecule has 0 saturated heterocycles. The zero-order chi connectivity index (χ0) is 9.84. The molecule has 0 atom stereocenters. The summed E-state index contributed by atoms with van der Waals surface area (Å²) in [4.78, 5) is 10.4. The maximum atomic E-state index is 5.83. The zero-order valence-electron chi connectivity index (χ0n) is 7.91. The van der Waals surface area contributed by atoms with Crippen LogP contribution in [0.5, 0.6) is 0 Å². The van der Waals surface area contributed by atoms with Gasteiger partial charge in [-0.1, -0.05) is 23.4 Å². The second-order valence-corrected chi connectivity index (χ2v) is 4.07. The van der Waals surface area contributed by atoms with Crippen molar-refractivity contribution < 1.29 is 0 Å². The first kappa shape index (κ1) is 10.8. The first-order chi connectivity index (χ1) is 6.11. The van der Waals surface area contributed by atoms with E-state index < -0.39 is 0 Å². The SMILES string of the molecule is CSc1nc(Cl)cc(CN(C)C)n1. The van der Waals surface area contributed by atoms with Gasteiger partial charge in [0.2, 0.25) is 0 Å². The van der Waals surface area contributed by atoms with Crippen molar-refractivity contribution in [2.45, 2.75) is 11.7 Å².